The number of nitrogens with one attached hydrogen (secondary N) is 1. The van der Waals surface area contributed by atoms with Gasteiger partial charge in [0, 0.05) is 43.6 Å². The number of rotatable bonds is 10. The number of aryl methyl sites for hydroxylation is 1. The number of oxazole rings is 1. The van der Waals surface area contributed by atoms with Crippen LogP contribution in [0.4, 0.5) is 0 Å². The monoisotopic (exact) mass is 524 g/mol. The number of β-amino-alcohol motifs (C(OH)–C–C–N with tert-alkyl or cyclic N) is 1. The van der Waals surface area contributed by atoms with E-state index < -0.39 is 6.10 Å². The van der Waals surface area contributed by atoms with Crippen LogP contribution in [0.3, 0.4) is 0 Å². The van der Waals surface area contributed by atoms with Crippen molar-refractivity contribution < 1.29 is 19.1 Å². The Kier molecular flexibility index (Phi) is 8.08. The molecule has 0 bridgehead atoms. The maximum Gasteiger partial charge on any atom is 0.251 e. The van der Waals surface area contributed by atoms with Crippen LogP contribution in [0.2, 0.25) is 5.02 Å². The Morgan fingerprint density at radius 2 is 2.19 bits per heavy atom. The zero-order valence-electron chi connectivity index (χ0n) is 21.1. The predicted molar refractivity (Wildman–Crippen MR) is 140 cm³/mol. The molecule has 3 heterocycles. The second-order valence-electron chi connectivity index (χ2n) is 10.1. The molecule has 1 aromatic carbocycles. The van der Waals surface area contributed by atoms with Gasteiger partial charge in [-0.05, 0) is 55.0 Å². The molecule has 1 aliphatic carbocycles. The quantitative estimate of drug-likeness (QED) is 0.411. The minimum Gasteiger partial charge on any atom is -0.484 e. The molecular weight excluding hydrogens is 492 g/mol. The van der Waals surface area contributed by atoms with Gasteiger partial charge in [0.05, 0.1) is 16.8 Å². The Morgan fingerprint density at radius 1 is 1.32 bits per heavy atom. The maximum absolute atomic E-state index is 12.6. The summed E-state index contributed by atoms with van der Waals surface area (Å²) in [5.41, 5.74) is 4.54. The Balaban J connectivity index is 1.10. The third-order valence-corrected chi connectivity index (χ3v) is 7.76. The predicted octanol–water partition coefficient (Wildman–Crippen LogP) is 4.10. The first-order valence-corrected chi connectivity index (χ1v) is 13.3. The molecule has 0 radical (unpaired) electrons. The van der Waals surface area contributed by atoms with Crippen molar-refractivity contribution in [3.63, 3.8) is 0 Å². The summed E-state index contributed by atoms with van der Waals surface area (Å²) in [5, 5.41) is 14.1. The number of carbonyl (C=O) groups is 1. The van der Waals surface area contributed by atoms with E-state index in [1.165, 1.54) is 25.7 Å². The average Bonchev–Trinajstić information content (AvgIpc) is 3.29. The summed E-state index contributed by atoms with van der Waals surface area (Å²) >= 11 is 6.66. The highest BCUT2D eigenvalue weighted by Gasteiger charge is 2.23. The summed E-state index contributed by atoms with van der Waals surface area (Å²) in [6.45, 7) is 4.24. The molecule has 1 fully saturated rings. The van der Waals surface area contributed by atoms with E-state index >= 15 is 0 Å². The number of aliphatic hydroxyl groups is 1. The second-order valence-corrected chi connectivity index (χ2v) is 10.4. The molecule has 2 aromatic heterocycles. The first-order valence-electron chi connectivity index (χ1n) is 12.9. The van der Waals surface area contributed by atoms with Gasteiger partial charge in [0.25, 0.3) is 5.91 Å². The highest BCUT2D eigenvalue weighted by Crippen LogP contribution is 2.34. The highest BCUT2D eigenvalue weighted by molar-refractivity contribution is 6.33. The molecule has 37 heavy (non-hydrogen) atoms. The number of aromatic nitrogens is 2. The number of ether oxygens (including phenoxy) is 1. The van der Waals surface area contributed by atoms with Crippen molar-refractivity contribution in [1.29, 1.82) is 0 Å². The number of hydrogen-bond donors (Lipinski definition) is 2. The van der Waals surface area contributed by atoms with Gasteiger partial charge in [-0.2, -0.15) is 0 Å². The summed E-state index contributed by atoms with van der Waals surface area (Å²) in [7, 11) is 0. The number of halogens is 1. The van der Waals surface area contributed by atoms with Gasteiger partial charge in [0.1, 0.15) is 12.4 Å². The van der Waals surface area contributed by atoms with Crippen molar-refractivity contribution in [2.24, 2.45) is 5.92 Å². The molecule has 8 nitrogen and oxygen atoms in total. The number of amides is 1. The normalized spacial score (nSPS) is 16.6. The Bertz CT molecular complexity index is 1240. The van der Waals surface area contributed by atoms with E-state index in [-0.39, 0.29) is 19.1 Å². The zero-order valence-corrected chi connectivity index (χ0v) is 21.8. The van der Waals surface area contributed by atoms with Crippen molar-refractivity contribution in [3.05, 3.63) is 75.7 Å². The van der Waals surface area contributed by atoms with E-state index in [0.29, 0.717) is 41.1 Å². The summed E-state index contributed by atoms with van der Waals surface area (Å²) in [6.07, 6.45) is 7.89. The van der Waals surface area contributed by atoms with E-state index in [1.807, 2.05) is 25.1 Å². The van der Waals surface area contributed by atoms with E-state index in [2.05, 4.69) is 20.2 Å². The lowest BCUT2D eigenvalue weighted by Gasteiger charge is -2.31. The SMILES string of the molecule is Cc1ncoc1COc1ccc2c(c1Cl)CCN(C[C@@H](O)CNC(=O)c1ccnc(CC3CCC3)c1)C2. The lowest BCUT2D eigenvalue weighted by molar-refractivity contribution is 0.0841. The van der Waals surface area contributed by atoms with Crippen LogP contribution >= 0.6 is 11.6 Å². The van der Waals surface area contributed by atoms with Crippen molar-refractivity contribution in [1.82, 2.24) is 20.2 Å². The van der Waals surface area contributed by atoms with E-state index in [4.69, 9.17) is 20.8 Å². The topological polar surface area (TPSA) is 101 Å². The Morgan fingerprint density at radius 3 is 2.95 bits per heavy atom. The molecule has 0 spiro atoms. The van der Waals surface area contributed by atoms with Crippen LogP contribution < -0.4 is 10.1 Å². The Hall–Kier alpha value is -2.94. The van der Waals surface area contributed by atoms with Gasteiger partial charge >= 0.3 is 0 Å². The van der Waals surface area contributed by atoms with Crippen LogP contribution in [0.5, 0.6) is 5.75 Å². The minimum atomic E-state index is -0.676. The number of nitrogens with zero attached hydrogens (tertiary/aromatic N) is 3. The molecule has 0 saturated heterocycles. The molecule has 196 valence electrons. The van der Waals surface area contributed by atoms with Gasteiger partial charge in [-0.3, -0.25) is 14.7 Å². The van der Waals surface area contributed by atoms with Gasteiger partial charge in [-0.1, -0.05) is 36.9 Å². The fourth-order valence-electron chi connectivity index (χ4n) is 4.92. The lowest BCUT2D eigenvalue weighted by atomic mass is 9.82. The number of pyridine rings is 1. The largest absolute Gasteiger partial charge is 0.484 e. The number of carbonyl (C=O) groups excluding carboxylic acids is 1. The zero-order chi connectivity index (χ0) is 25.8. The van der Waals surface area contributed by atoms with Gasteiger partial charge in [-0.25, -0.2) is 4.98 Å². The summed E-state index contributed by atoms with van der Waals surface area (Å²) in [4.78, 5) is 23.3. The van der Waals surface area contributed by atoms with Crippen LogP contribution in [0, 0.1) is 12.8 Å². The first-order chi connectivity index (χ1) is 18.0. The molecule has 1 aliphatic heterocycles. The van der Waals surface area contributed by atoms with Gasteiger partial charge in [-0.15, -0.1) is 0 Å². The smallest absolute Gasteiger partial charge is 0.251 e. The number of fused-ring (bicyclic) bond motifs is 1. The minimum absolute atomic E-state index is 0.180. The van der Waals surface area contributed by atoms with Gasteiger partial charge < -0.3 is 19.6 Å². The fourth-order valence-corrected chi connectivity index (χ4v) is 5.26. The molecular formula is C28H33ClN4O4. The molecule has 9 heteroatoms. The highest BCUT2D eigenvalue weighted by atomic mass is 35.5. The fraction of sp³-hybridized carbons (Fsp3) is 0.464. The van der Waals surface area contributed by atoms with E-state index in [1.54, 1.807) is 12.3 Å². The molecule has 1 atom stereocenters. The Labute approximate surface area is 222 Å². The van der Waals surface area contributed by atoms with Crippen molar-refractivity contribution in [2.45, 2.75) is 58.3 Å². The first kappa shape index (κ1) is 25.7. The molecule has 5 rings (SSSR count). The third kappa shape index (κ3) is 6.32. The van der Waals surface area contributed by atoms with Crippen LogP contribution in [0.25, 0.3) is 0 Å². The van der Waals surface area contributed by atoms with Crippen LogP contribution in [0.1, 0.15) is 57.9 Å². The van der Waals surface area contributed by atoms with Crippen LogP contribution in [-0.2, 0) is 26.0 Å². The molecule has 1 saturated carbocycles. The van der Waals surface area contributed by atoms with Crippen molar-refractivity contribution in [2.75, 3.05) is 19.6 Å². The maximum atomic E-state index is 12.6. The molecule has 1 amide bonds. The van der Waals surface area contributed by atoms with Crippen LogP contribution in [-0.4, -0.2) is 51.6 Å². The van der Waals surface area contributed by atoms with Gasteiger partial charge in [0.2, 0.25) is 0 Å². The van der Waals surface area contributed by atoms with Crippen molar-refractivity contribution >= 4 is 17.5 Å². The van der Waals surface area contributed by atoms with Crippen molar-refractivity contribution in [3.8, 4) is 5.75 Å². The molecule has 3 aromatic rings. The van der Waals surface area contributed by atoms with Gasteiger partial charge in [0.15, 0.2) is 12.2 Å². The molecule has 2 N–H and O–H groups in total. The average molecular weight is 525 g/mol. The lowest BCUT2D eigenvalue weighted by Crippen LogP contribution is -2.42. The van der Waals surface area contributed by atoms with E-state index in [0.717, 1.165) is 41.9 Å². The number of aliphatic hydroxyl groups excluding tert-OH is 1. The number of hydrogen-bond acceptors (Lipinski definition) is 7. The standard InChI is InChI=1S/C28H33ClN4O4/c1-18-26(37-17-32-18)16-36-25-6-5-21-14-33(10-8-24(21)27(25)29)15-23(34)13-31-28(35)20-7-9-30-22(12-20)11-19-3-2-4-19/h5-7,9,12,17,19,23,34H,2-4,8,10-11,13-16H2,1H3,(H,31,35)/t23-/m0/s1. The molecule has 2 aliphatic rings. The number of benzene rings is 1. The third-order valence-electron chi connectivity index (χ3n) is 7.35. The summed E-state index contributed by atoms with van der Waals surface area (Å²) < 4.78 is 11.2. The molecule has 0 unspecified atom stereocenters. The summed E-state index contributed by atoms with van der Waals surface area (Å²) in [6, 6.07) is 7.49. The van der Waals surface area contributed by atoms with Crippen LogP contribution in [0.15, 0.2) is 41.3 Å². The van der Waals surface area contributed by atoms with E-state index in [9.17, 15) is 9.90 Å². The second kappa shape index (κ2) is 11.6. The summed E-state index contributed by atoms with van der Waals surface area (Å²) in [5.74, 6) is 1.82.